The smallest absolute Gasteiger partial charge is 0.322 e. The van der Waals surface area contributed by atoms with Gasteiger partial charge in [0.2, 0.25) is 5.91 Å². The quantitative estimate of drug-likeness (QED) is 0.326. The summed E-state index contributed by atoms with van der Waals surface area (Å²) in [6.07, 6.45) is -0.0754. The summed E-state index contributed by atoms with van der Waals surface area (Å²) in [5.74, 6) is -2.28. The number of carbonyl (C=O) groups excluding carboxylic acids is 2. The van der Waals surface area contributed by atoms with Crippen LogP contribution in [0.4, 0.5) is 0 Å². The molecule has 0 aromatic carbocycles. The minimum Gasteiger partial charge on any atom is -0.480 e. The third kappa shape index (κ3) is 5.76. The monoisotopic (exact) mass is 229 g/mol. The summed E-state index contributed by atoms with van der Waals surface area (Å²) in [5, 5.41) is 8.75. The summed E-state index contributed by atoms with van der Waals surface area (Å²) in [6, 6.07) is -1.06. The number of primary amides is 1. The summed E-state index contributed by atoms with van der Waals surface area (Å²) in [5.41, 5.74) is 9.58. The molecular weight excluding hydrogens is 214 g/mol. The van der Waals surface area contributed by atoms with E-state index in [0.29, 0.717) is 0 Å². The number of nitrogens with two attached hydrogens (primary N) is 1. The van der Waals surface area contributed by atoms with Crippen LogP contribution in [0.1, 0.15) is 19.8 Å². The number of amides is 2. The third-order valence-electron chi connectivity index (χ3n) is 1.73. The van der Waals surface area contributed by atoms with Gasteiger partial charge in [-0.1, -0.05) is 6.58 Å². The number of carboxylic acids is 1. The fraction of sp³-hybridized carbons (Fsp3) is 0.444. The summed E-state index contributed by atoms with van der Waals surface area (Å²) in [6.45, 7) is 4.86. The topological polar surface area (TPSA) is 122 Å². The maximum atomic E-state index is 11.1. The maximum absolute atomic E-state index is 11.1. The van der Waals surface area contributed by atoms with Crippen molar-refractivity contribution in [3.05, 3.63) is 12.2 Å². The van der Waals surface area contributed by atoms with Crippen LogP contribution in [0.5, 0.6) is 0 Å². The van der Waals surface area contributed by atoms with Gasteiger partial charge < -0.3 is 10.8 Å². The zero-order valence-electron chi connectivity index (χ0n) is 8.95. The highest BCUT2D eigenvalue weighted by atomic mass is 16.4. The molecule has 0 heterocycles. The van der Waals surface area contributed by atoms with E-state index in [1.54, 1.807) is 0 Å². The van der Waals surface area contributed by atoms with Crippen LogP contribution in [-0.2, 0) is 14.4 Å². The molecule has 0 bridgehead atoms. The summed E-state index contributed by atoms with van der Waals surface area (Å²) in [7, 11) is 0. The lowest BCUT2D eigenvalue weighted by Gasteiger charge is -2.14. The Labute approximate surface area is 92.7 Å². The van der Waals surface area contributed by atoms with E-state index in [-0.39, 0.29) is 18.4 Å². The van der Waals surface area contributed by atoms with E-state index in [9.17, 15) is 14.4 Å². The van der Waals surface area contributed by atoms with Gasteiger partial charge in [0.05, 0.1) is 0 Å². The fourth-order valence-electron chi connectivity index (χ4n) is 0.803. The van der Waals surface area contributed by atoms with Crippen LogP contribution in [0.2, 0.25) is 0 Å². The van der Waals surface area contributed by atoms with Crippen molar-refractivity contribution in [2.45, 2.75) is 25.8 Å². The highest BCUT2D eigenvalue weighted by molar-refractivity contribution is 5.92. The molecule has 0 aromatic rings. The molecule has 0 fully saturated rings. The van der Waals surface area contributed by atoms with Crippen LogP contribution in [0.25, 0.3) is 0 Å². The van der Waals surface area contributed by atoms with Crippen LogP contribution in [0, 0.1) is 0 Å². The molecule has 7 nitrogen and oxygen atoms in total. The Hall–Kier alpha value is -1.89. The Bertz CT molecular complexity index is 314. The van der Waals surface area contributed by atoms with Crippen molar-refractivity contribution in [3.63, 3.8) is 0 Å². The van der Waals surface area contributed by atoms with Crippen molar-refractivity contribution in [1.29, 1.82) is 0 Å². The molecule has 0 aliphatic carbocycles. The predicted molar refractivity (Wildman–Crippen MR) is 55.9 cm³/mol. The maximum Gasteiger partial charge on any atom is 0.322 e. The lowest BCUT2D eigenvalue weighted by atomic mass is 10.1. The first-order valence-electron chi connectivity index (χ1n) is 4.57. The molecular formula is C9H15N3O4. The van der Waals surface area contributed by atoms with Gasteiger partial charge in [0, 0.05) is 12.0 Å². The average Bonchev–Trinajstić information content (AvgIpc) is 2.15. The Morgan fingerprint density at radius 3 is 2.38 bits per heavy atom. The zero-order valence-corrected chi connectivity index (χ0v) is 8.95. The van der Waals surface area contributed by atoms with Crippen LogP contribution in [0.15, 0.2) is 12.2 Å². The molecule has 90 valence electrons. The van der Waals surface area contributed by atoms with Crippen molar-refractivity contribution in [2.75, 3.05) is 0 Å². The van der Waals surface area contributed by atoms with Crippen LogP contribution in [-0.4, -0.2) is 28.9 Å². The van der Waals surface area contributed by atoms with E-state index in [1.165, 1.54) is 6.92 Å². The van der Waals surface area contributed by atoms with E-state index in [4.69, 9.17) is 10.8 Å². The van der Waals surface area contributed by atoms with Gasteiger partial charge >= 0.3 is 5.97 Å². The van der Waals surface area contributed by atoms with E-state index in [2.05, 4.69) is 17.4 Å². The molecule has 0 spiro atoms. The van der Waals surface area contributed by atoms with Gasteiger partial charge in [-0.25, -0.2) is 5.43 Å². The number of hydrazine groups is 1. The summed E-state index contributed by atoms with van der Waals surface area (Å²) >= 11 is 0. The highest BCUT2D eigenvalue weighted by Crippen LogP contribution is 1.96. The molecule has 2 amide bonds. The normalized spacial score (nSPS) is 11.6. The summed E-state index contributed by atoms with van der Waals surface area (Å²) in [4.78, 5) is 32.2. The molecule has 0 saturated heterocycles. The van der Waals surface area contributed by atoms with E-state index < -0.39 is 23.8 Å². The second-order valence-electron chi connectivity index (χ2n) is 3.27. The first-order valence-corrected chi connectivity index (χ1v) is 4.57. The first kappa shape index (κ1) is 14.1. The molecule has 5 N–H and O–H groups in total. The van der Waals surface area contributed by atoms with Gasteiger partial charge in [-0.15, -0.1) is 0 Å². The Morgan fingerprint density at radius 2 is 2.00 bits per heavy atom. The van der Waals surface area contributed by atoms with Gasteiger partial charge in [-0.05, 0) is 13.3 Å². The minimum atomic E-state index is -1.18. The lowest BCUT2D eigenvalue weighted by molar-refractivity contribution is -0.140. The SMILES string of the molecule is C=C(C)C(=O)NN[C@@H](CCC(N)=O)C(=O)O. The number of carbonyl (C=O) groups is 3. The lowest BCUT2D eigenvalue weighted by Crippen LogP contribution is -2.48. The molecule has 0 rings (SSSR count). The second-order valence-corrected chi connectivity index (χ2v) is 3.27. The molecule has 0 aliphatic heterocycles. The minimum absolute atomic E-state index is 0.00113. The van der Waals surface area contributed by atoms with E-state index >= 15 is 0 Å². The van der Waals surface area contributed by atoms with Gasteiger partial charge in [-0.3, -0.25) is 19.8 Å². The predicted octanol–water partition coefficient (Wildman–Crippen LogP) is -1.10. The fourth-order valence-corrected chi connectivity index (χ4v) is 0.803. The Morgan fingerprint density at radius 1 is 1.44 bits per heavy atom. The van der Waals surface area contributed by atoms with Crippen LogP contribution >= 0.6 is 0 Å². The van der Waals surface area contributed by atoms with Crippen molar-refractivity contribution in [1.82, 2.24) is 10.9 Å². The van der Waals surface area contributed by atoms with E-state index in [1.807, 2.05) is 0 Å². The van der Waals surface area contributed by atoms with Crippen LogP contribution < -0.4 is 16.6 Å². The Balaban J connectivity index is 4.14. The molecule has 1 atom stereocenters. The Kier molecular flexibility index (Phi) is 5.79. The number of hydrogen-bond donors (Lipinski definition) is 4. The van der Waals surface area contributed by atoms with Crippen molar-refractivity contribution in [3.8, 4) is 0 Å². The standard InChI is InChI=1S/C9H15N3O4/c1-5(2)8(14)12-11-6(9(15)16)3-4-7(10)13/h6,11H,1,3-4H2,2H3,(H2,10,13)(H,12,14)(H,15,16)/t6-/m0/s1. The van der Waals surface area contributed by atoms with Crippen molar-refractivity contribution in [2.24, 2.45) is 5.73 Å². The molecule has 0 saturated carbocycles. The number of carboxylic acid groups (broad SMARTS) is 1. The number of nitrogens with one attached hydrogen (secondary N) is 2. The van der Waals surface area contributed by atoms with Gasteiger partial charge in [-0.2, -0.15) is 0 Å². The molecule has 0 unspecified atom stereocenters. The van der Waals surface area contributed by atoms with Gasteiger partial charge in [0.1, 0.15) is 6.04 Å². The molecule has 0 aliphatic rings. The zero-order chi connectivity index (χ0) is 12.7. The molecule has 7 heteroatoms. The molecule has 16 heavy (non-hydrogen) atoms. The first-order chi connectivity index (χ1) is 7.34. The van der Waals surface area contributed by atoms with Crippen molar-refractivity contribution >= 4 is 17.8 Å². The highest BCUT2D eigenvalue weighted by Gasteiger charge is 2.18. The largest absolute Gasteiger partial charge is 0.480 e. The van der Waals surface area contributed by atoms with Gasteiger partial charge in [0.25, 0.3) is 5.91 Å². The average molecular weight is 229 g/mol. The van der Waals surface area contributed by atoms with Crippen molar-refractivity contribution < 1.29 is 19.5 Å². The van der Waals surface area contributed by atoms with Gasteiger partial charge in [0.15, 0.2) is 0 Å². The number of aliphatic carboxylic acids is 1. The van der Waals surface area contributed by atoms with E-state index in [0.717, 1.165) is 0 Å². The number of hydrogen-bond acceptors (Lipinski definition) is 4. The second kappa shape index (κ2) is 6.57. The molecule has 0 radical (unpaired) electrons. The van der Waals surface area contributed by atoms with Crippen LogP contribution in [0.3, 0.4) is 0 Å². The third-order valence-corrected chi connectivity index (χ3v) is 1.73. The summed E-state index contributed by atoms with van der Waals surface area (Å²) < 4.78 is 0. The molecule has 0 aromatic heterocycles. The number of rotatable bonds is 7.